The molecule has 104 valence electrons. The Morgan fingerprint density at radius 1 is 1.47 bits per heavy atom. The molecular formula is C12H18N4O3. The van der Waals surface area contributed by atoms with Crippen molar-refractivity contribution in [2.45, 2.75) is 6.42 Å². The molecule has 0 aliphatic heterocycles. The summed E-state index contributed by atoms with van der Waals surface area (Å²) in [6.07, 6.45) is 0.926. The highest BCUT2D eigenvalue weighted by molar-refractivity contribution is 5.97. The molecule has 0 bridgehead atoms. The highest BCUT2D eigenvalue weighted by atomic mass is 16.6. The summed E-state index contributed by atoms with van der Waals surface area (Å²) in [5.74, 6) is -0.802. The lowest BCUT2D eigenvalue weighted by molar-refractivity contribution is -0.385. The first-order valence-corrected chi connectivity index (χ1v) is 5.88. The van der Waals surface area contributed by atoms with Crippen molar-refractivity contribution in [3.8, 4) is 0 Å². The van der Waals surface area contributed by atoms with Gasteiger partial charge in [0.1, 0.15) is 5.56 Å². The van der Waals surface area contributed by atoms with E-state index in [1.54, 1.807) is 6.07 Å². The smallest absolute Gasteiger partial charge is 0.282 e. The Morgan fingerprint density at radius 2 is 2.16 bits per heavy atom. The Labute approximate surface area is 111 Å². The van der Waals surface area contributed by atoms with Crippen molar-refractivity contribution in [1.29, 1.82) is 0 Å². The van der Waals surface area contributed by atoms with Crippen LogP contribution in [0.1, 0.15) is 16.8 Å². The lowest BCUT2D eigenvalue weighted by atomic mass is 10.1. The summed E-state index contributed by atoms with van der Waals surface area (Å²) in [5, 5.41) is 13.8. The summed E-state index contributed by atoms with van der Waals surface area (Å²) in [4.78, 5) is 23.4. The second-order valence-electron chi connectivity index (χ2n) is 4.44. The zero-order valence-corrected chi connectivity index (χ0v) is 11.0. The number of nitro groups is 1. The van der Waals surface area contributed by atoms with Crippen LogP contribution in [0, 0.1) is 10.1 Å². The molecule has 0 fully saturated rings. The van der Waals surface area contributed by atoms with Crippen LogP contribution in [0.4, 0.5) is 11.4 Å². The van der Waals surface area contributed by atoms with E-state index in [1.807, 2.05) is 14.1 Å². The lowest BCUT2D eigenvalue weighted by Gasteiger charge is -2.11. The van der Waals surface area contributed by atoms with Crippen LogP contribution in [0.2, 0.25) is 0 Å². The second kappa shape index (κ2) is 6.69. The maximum absolute atomic E-state index is 11.2. The van der Waals surface area contributed by atoms with E-state index in [9.17, 15) is 14.9 Å². The summed E-state index contributed by atoms with van der Waals surface area (Å²) in [6, 6.07) is 4.27. The van der Waals surface area contributed by atoms with Gasteiger partial charge in [0.2, 0.25) is 0 Å². The van der Waals surface area contributed by atoms with Crippen molar-refractivity contribution in [3.63, 3.8) is 0 Å². The number of primary amides is 1. The largest absolute Gasteiger partial charge is 0.385 e. The molecule has 0 aliphatic carbocycles. The number of nitro benzene ring substituents is 1. The van der Waals surface area contributed by atoms with Gasteiger partial charge in [-0.05, 0) is 39.2 Å². The highest BCUT2D eigenvalue weighted by Crippen LogP contribution is 2.22. The molecule has 0 aromatic heterocycles. The molecule has 1 rings (SSSR count). The quantitative estimate of drug-likeness (QED) is 0.436. The van der Waals surface area contributed by atoms with Crippen LogP contribution >= 0.6 is 0 Å². The van der Waals surface area contributed by atoms with E-state index in [4.69, 9.17) is 5.73 Å². The van der Waals surface area contributed by atoms with Crippen molar-refractivity contribution in [3.05, 3.63) is 33.9 Å². The zero-order chi connectivity index (χ0) is 14.4. The Bertz CT molecular complexity index is 474. The lowest BCUT2D eigenvalue weighted by Crippen LogP contribution is -2.17. The molecule has 3 N–H and O–H groups in total. The fourth-order valence-electron chi connectivity index (χ4n) is 1.63. The fraction of sp³-hybridized carbons (Fsp3) is 0.417. The number of amides is 1. The van der Waals surface area contributed by atoms with Gasteiger partial charge in [0, 0.05) is 18.3 Å². The zero-order valence-electron chi connectivity index (χ0n) is 11.0. The van der Waals surface area contributed by atoms with E-state index in [1.165, 1.54) is 12.1 Å². The minimum atomic E-state index is -0.802. The summed E-state index contributed by atoms with van der Waals surface area (Å²) in [7, 11) is 3.97. The molecule has 7 nitrogen and oxygen atoms in total. The number of anilines is 1. The second-order valence-corrected chi connectivity index (χ2v) is 4.44. The van der Waals surface area contributed by atoms with Crippen LogP contribution < -0.4 is 11.1 Å². The van der Waals surface area contributed by atoms with Crippen molar-refractivity contribution >= 4 is 17.3 Å². The number of rotatable bonds is 7. The predicted molar refractivity (Wildman–Crippen MR) is 73.3 cm³/mol. The summed E-state index contributed by atoms with van der Waals surface area (Å²) >= 11 is 0. The summed E-state index contributed by atoms with van der Waals surface area (Å²) in [6.45, 7) is 1.65. The van der Waals surface area contributed by atoms with Gasteiger partial charge in [-0.2, -0.15) is 0 Å². The Kier molecular flexibility index (Phi) is 5.25. The molecule has 19 heavy (non-hydrogen) atoms. The maximum Gasteiger partial charge on any atom is 0.282 e. The number of nitrogens with zero attached hydrogens (tertiary/aromatic N) is 2. The minimum absolute atomic E-state index is 0.0809. The monoisotopic (exact) mass is 266 g/mol. The topological polar surface area (TPSA) is 102 Å². The number of nitrogens with two attached hydrogens (primary N) is 1. The Balaban J connectivity index is 2.73. The van der Waals surface area contributed by atoms with Gasteiger partial charge in [0.05, 0.1) is 4.92 Å². The molecule has 0 heterocycles. The number of nitrogens with one attached hydrogen (secondary N) is 1. The van der Waals surface area contributed by atoms with Gasteiger partial charge in [0.15, 0.2) is 0 Å². The van der Waals surface area contributed by atoms with E-state index in [2.05, 4.69) is 10.2 Å². The van der Waals surface area contributed by atoms with Gasteiger partial charge in [-0.15, -0.1) is 0 Å². The van der Waals surface area contributed by atoms with Crippen molar-refractivity contribution < 1.29 is 9.72 Å². The summed E-state index contributed by atoms with van der Waals surface area (Å²) < 4.78 is 0. The predicted octanol–water partition coefficient (Wildman–Crippen LogP) is 1.06. The first-order valence-electron chi connectivity index (χ1n) is 5.88. The van der Waals surface area contributed by atoms with Crippen LogP contribution in [0.5, 0.6) is 0 Å². The van der Waals surface area contributed by atoms with Crippen LogP contribution in [0.15, 0.2) is 18.2 Å². The molecular weight excluding hydrogens is 248 g/mol. The van der Waals surface area contributed by atoms with E-state index in [0.717, 1.165) is 13.0 Å². The van der Waals surface area contributed by atoms with Crippen LogP contribution in [0.3, 0.4) is 0 Å². The van der Waals surface area contributed by atoms with E-state index >= 15 is 0 Å². The molecule has 0 saturated carbocycles. The van der Waals surface area contributed by atoms with Crippen molar-refractivity contribution in [2.24, 2.45) is 5.73 Å². The Morgan fingerprint density at radius 3 is 2.68 bits per heavy atom. The molecule has 0 atom stereocenters. The molecule has 1 aromatic carbocycles. The number of carbonyl (C=O) groups excluding carboxylic acids is 1. The number of carbonyl (C=O) groups is 1. The van der Waals surface area contributed by atoms with Gasteiger partial charge >= 0.3 is 0 Å². The third kappa shape index (κ3) is 4.55. The van der Waals surface area contributed by atoms with Gasteiger partial charge in [0.25, 0.3) is 11.6 Å². The minimum Gasteiger partial charge on any atom is -0.385 e. The first-order chi connectivity index (χ1) is 8.91. The third-order valence-electron chi connectivity index (χ3n) is 2.57. The highest BCUT2D eigenvalue weighted by Gasteiger charge is 2.18. The van der Waals surface area contributed by atoms with E-state index < -0.39 is 10.8 Å². The van der Waals surface area contributed by atoms with Crippen molar-refractivity contribution in [1.82, 2.24) is 4.90 Å². The average Bonchev–Trinajstić information content (AvgIpc) is 2.33. The van der Waals surface area contributed by atoms with Crippen LogP contribution in [0.25, 0.3) is 0 Å². The Hall–Kier alpha value is -2.15. The first kappa shape index (κ1) is 14.9. The van der Waals surface area contributed by atoms with Gasteiger partial charge in [-0.25, -0.2) is 0 Å². The average molecular weight is 266 g/mol. The van der Waals surface area contributed by atoms with E-state index in [-0.39, 0.29) is 11.3 Å². The normalized spacial score (nSPS) is 10.5. The van der Waals surface area contributed by atoms with Gasteiger partial charge < -0.3 is 16.0 Å². The molecule has 0 saturated heterocycles. The number of hydrogen-bond donors (Lipinski definition) is 2. The van der Waals surface area contributed by atoms with Gasteiger partial charge in [-0.1, -0.05) is 0 Å². The SMILES string of the molecule is CN(C)CCCNc1ccc([N+](=O)[O-])c(C(N)=O)c1. The maximum atomic E-state index is 11.2. The van der Waals surface area contributed by atoms with E-state index in [0.29, 0.717) is 12.2 Å². The van der Waals surface area contributed by atoms with Crippen LogP contribution in [-0.4, -0.2) is 42.9 Å². The molecule has 0 aliphatic rings. The number of hydrogen-bond acceptors (Lipinski definition) is 5. The molecule has 0 unspecified atom stereocenters. The fourth-order valence-corrected chi connectivity index (χ4v) is 1.63. The summed E-state index contributed by atoms with van der Waals surface area (Å²) in [5.41, 5.74) is 5.44. The third-order valence-corrected chi connectivity index (χ3v) is 2.57. The molecule has 7 heteroatoms. The van der Waals surface area contributed by atoms with Crippen molar-refractivity contribution in [2.75, 3.05) is 32.5 Å². The molecule has 1 aromatic rings. The molecule has 0 radical (unpaired) electrons. The van der Waals surface area contributed by atoms with Gasteiger partial charge in [-0.3, -0.25) is 14.9 Å². The standard InChI is InChI=1S/C12H18N4O3/c1-15(2)7-3-6-14-9-4-5-11(16(18)19)10(8-9)12(13)17/h4-5,8,14H,3,6-7H2,1-2H3,(H2,13,17). The molecule has 1 amide bonds. The number of benzene rings is 1. The molecule has 0 spiro atoms. The van der Waals surface area contributed by atoms with Crippen LogP contribution in [-0.2, 0) is 0 Å².